The Labute approximate surface area is 162 Å². The van der Waals surface area contributed by atoms with Crippen LogP contribution in [0.1, 0.15) is 33.3 Å². The number of amides is 1. The third-order valence-electron chi connectivity index (χ3n) is 3.90. The number of para-hydroxylation sites is 1. The van der Waals surface area contributed by atoms with Gasteiger partial charge in [-0.3, -0.25) is 4.79 Å². The number of benzene rings is 1. The van der Waals surface area contributed by atoms with Gasteiger partial charge in [0.1, 0.15) is 22.4 Å². The van der Waals surface area contributed by atoms with Crippen LogP contribution in [0.15, 0.2) is 29.8 Å². The van der Waals surface area contributed by atoms with Crippen LogP contribution in [0, 0.1) is 25.2 Å². The Kier molecular flexibility index (Phi) is 6.74. The first kappa shape index (κ1) is 20.2. The molecule has 7 heteroatoms. The smallest absolute Gasteiger partial charge is 0.341 e. The second-order valence-corrected chi connectivity index (χ2v) is 6.80. The van der Waals surface area contributed by atoms with E-state index in [9.17, 15) is 14.9 Å². The van der Waals surface area contributed by atoms with Gasteiger partial charge < -0.3 is 14.8 Å². The van der Waals surface area contributed by atoms with Crippen LogP contribution >= 0.6 is 11.3 Å². The largest absolute Gasteiger partial charge is 0.496 e. The van der Waals surface area contributed by atoms with Crippen molar-refractivity contribution in [3.63, 3.8) is 0 Å². The minimum absolute atomic E-state index is 0.0991. The lowest BCUT2D eigenvalue weighted by Gasteiger charge is -2.07. The average molecular weight is 384 g/mol. The number of rotatable bonds is 6. The highest BCUT2D eigenvalue weighted by atomic mass is 32.1. The number of esters is 1. The number of aryl methyl sites for hydroxylation is 1. The van der Waals surface area contributed by atoms with Gasteiger partial charge in [-0.2, -0.15) is 5.26 Å². The molecule has 0 aliphatic heterocycles. The number of thiophene rings is 1. The van der Waals surface area contributed by atoms with Crippen molar-refractivity contribution >= 4 is 34.3 Å². The number of carbonyl (C=O) groups excluding carboxylic acids is 2. The van der Waals surface area contributed by atoms with Gasteiger partial charge >= 0.3 is 5.97 Å². The molecular formula is C20H20N2O4S. The summed E-state index contributed by atoms with van der Waals surface area (Å²) in [6.45, 7) is 5.60. The quantitative estimate of drug-likeness (QED) is 0.460. The van der Waals surface area contributed by atoms with Crippen molar-refractivity contribution in [2.45, 2.75) is 20.8 Å². The normalized spacial score (nSPS) is 10.9. The Bertz CT molecular complexity index is 938. The van der Waals surface area contributed by atoms with E-state index < -0.39 is 11.9 Å². The number of carbonyl (C=O) groups is 2. The van der Waals surface area contributed by atoms with E-state index in [1.54, 1.807) is 38.1 Å². The first-order chi connectivity index (χ1) is 12.9. The van der Waals surface area contributed by atoms with E-state index in [0.717, 1.165) is 10.4 Å². The zero-order chi connectivity index (χ0) is 20.0. The van der Waals surface area contributed by atoms with Gasteiger partial charge in [-0.25, -0.2) is 4.79 Å². The summed E-state index contributed by atoms with van der Waals surface area (Å²) in [4.78, 5) is 25.7. The van der Waals surface area contributed by atoms with E-state index in [4.69, 9.17) is 9.47 Å². The van der Waals surface area contributed by atoms with E-state index in [2.05, 4.69) is 5.32 Å². The molecule has 0 radical (unpaired) electrons. The van der Waals surface area contributed by atoms with Crippen molar-refractivity contribution in [2.75, 3.05) is 19.0 Å². The van der Waals surface area contributed by atoms with Gasteiger partial charge in [0.25, 0.3) is 5.91 Å². The maximum Gasteiger partial charge on any atom is 0.341 e. The number of nitrogens with zero attached hydrogens (tertiary/aromatic N) is 1. The Balaban J connectivity index is 2.36. The van der Waals surface area contributed by atoms with Crippen molar-refractivity contribution in [3.05, 3.63) is 51.4 Å². The monoisotopic (exact) mass is 384 g/mol. The summed E-state index contributed by atoms with van der Waals surface area (Å²) in [5.74, 6) is -0.551. The number of ether oxygens (including phenoxy) is 2. The number of nitrogens with one attached hydrogen (secondary N) is 1. The molecule has 0 aliphatic carbocycles. The molecule has 0 bridgehead atoms. The molecule has 0 atom stereocenters. The van der Waals surface area contributed by atoms with Gasteiger partial charge in [0.15, 0.2) is 0 Å². The summed E-state index contributed by atoms with van der Waals surface area (Å²) >= 11 is 1.27. The van der Waals surface area contributed by atoms with Crippen molar-refractivity contribution in [1.82, 2.24) is 0 Å². The molecule has 0 unspecified atom stereocenters. The highest BCUT2D eigenvalue weighted by molar-refractivity contribution is 7.16. The van der Waals surface area contributed by atoms with Crippen LogP contribution in [0.4, 0.5) is 5.00 Å². The van der Waals surface area contributed by atoms with Crippen LogP contribution in [-0.2, 0) is 9.53 Å². The van der Waals surface area contributed by atoms with Crippen LogP contribution in [0.2, 0.25) is 0 Å². The molecule has 0 saturated carbocycles. The van der Waals surface area contributed by atoms with Gasteiger partial charge in [0.2, 0.25) is 0 Å². The third kappa shape index (κ3) is 4.54. The molecule has 0 fully saturated rings. The molecule has 0 saturated heterocycles. The number of nitriles is 1. The summed E-state index contributed by atoms with van der Waals surface area (Å²) < 4.78 is 10.3. The van der Waals surface area contributed by atoms with E-state index in [1.165, 1.54) is 24.5 Å². The SMILES string of the molecule is CCOC(=O)c1c(NC(=O)/C(C#N)=C/c2ccccc2OC)sc(C)c1C. The summed E-state index contributed by atoms with van der Waals surface area (Å²) in [7, 11) is 1.52. The van der Waals surface area contributed by atoms with E-state index >= 15 is 0 Å². The number of methoxy groups -OCH3 is 1. The van der Waals surface area contributed by atoms with Crippen molar-refractivity contribution in [2.24, 2.45) is 0 Å². The molecule has 0 aliphatic rings. The molecule has 1 heterocycles. The Morgan fingerprint density at radius 2 is 2.00 bits per heavy atom. The zero-order valence-electron chi connectivity index (χ0n) is 15.6. The first-order valence-corrected chi connectivity index (χ1v) is 9.07. The van der Waals surface area contributed by atoms with Crippen LogP contribution in [0.25, 0.3) is 6.08 Å². The predicted octanol–water partition coefficient (Wildman–Crippen LogP) is 4.10. The molecule has 2 aromatic rings. The fourth-order valence-corrected chi connectivity index (χ4v) is 3.47. The van der Waals surface area contributed by atoms with Crippen LogP contribution in [0.5, 0.6) is 5.75 Å². The number of anilines is 1. The molecule has 2 rings (SSSR count). The van der Waals surface area contributed by atoms with Gasteiger partial charge in [-0.05, 0) is 38.5 Å². The minimum atomic E-state index is -0.602. The molecule has 1 N–H and O–H groups in total. The van der Waals surface area contributed by atoms with Crippen molar-refractivity contribution in [3.8, 4) is 11.8 Å². The molecular weight excluding hydrogens is 364 g/mol. The Morgan fingerprint density at radius 1 is 1.30 bits per heavy atom. The standard InChI is InChI=1S/C20H20N2O4S/c1-5-26-20(24)17-12(2)13(3)27-19(17)22-18(23)15(11-21)10-14-8-6-7-9-16(14)25-4/h6-10H,5H2,1-4H3,(H,22,23)/b15-10+. The average Bonchev–Trinajstić information content (AvgIpc) is 2.93. The van der Waals surface area contributed by atoms with Crippen molar-refractivity contribution in [1.29, 1.82) is 5.26 Å². The van der Waals surface area contributed by atoms with E-state index in [1.807, 2.05) is 13.0 Å². The molecule has 27 heavy (non-hydrogen) atoms. The number of hydrogen-bond acceptors (Lipinski definition) is 6. The molecule has 1 aromatic heterocycles. The molecule has 6 nitrogen and oxygen atoms in total. The molecule has 0 spiro atoms. The summed E-state index contributed by atoms with van der Waals surface area (Å²) in [5.41, 5.74) is 1.58. The Morgan fingerprint density at radius 3 is 2.63 bits per heavy atom. The molecule has 1 amide bonds. The fourth-order valence-electron chi connectivity index (χ4n) is 2.42. The predicted molar refractivity (Wildman–Crippen MR) is 105 cm³/mol. The maximum absolute atomic E-state index is 12.6. The highest BCUT2D eigenvalue weighted by Gasteiger charge is 2.23. The lowest BCUT2D eigenvalue weighted by Crippen LogP contribution is -2.16. The summed E-state index contributed by atoms with van der Waals surface area (Å²) in [6, 6.07) is 8.96. The first-order valence-electron chi connectivity index (χ1n) is 8.26. The van der Waals surface area contributed by atoms with Gasteiger partial charge in [0.05, 0.1) is 19.3 Å². The zero-order valence-corrected chi connectivity index (χ0v) is 16.4. The van der Waals surface area contributed by atoms with Crippen LogP contribution in [0.3, 0.4) is 0 Å². The second kappa shape index (κ2) is 9.01. The molecule has 140 valence electrons. The maximum atomic E-state index is 12.6. The third-order valence-corrected chi connectivity index (χ3v) is 5.02. The van der Waals surface area contributed by atoms with Crippen LogP contribution in [-0.4, -0.2) is 25.6 Å². The van der Waals surface area contributed by atoms with Gasteiger partial charge in [-0.15, -0.1) is 11.3 Å². The number of hydrogen-bond donors (Lipinski definition) is 1. The van der Waals surface area contributed by atoms with Crippen LogP contribution < -0.4 is 10.1 Å². The van der Waals surface area contributed by atoms with E-state index in [-0.39, 0.29) is 12.2 Å². The Hall–Kier alpha value is -3.11. The summed E-state index contributed by atoms with van der Waals surface area (Å²) in [5, 5.41) is 12.5. The minimum Gasteiger partial charge on any atom is -0.496 e. The second-order valence-electron chi connectivity index (χ2n) is 5.57. The van der Waals surface area contributed by atoms with Gasteiger partial charge in [-0.1, -0.05) is 18.2 Å². The lowest BCUT2D eigenvalue weighted by atomic mass is 10.1. The van der Waals surface area contributed by atoms with Crippen molar-refractivity contribution < 1.29 is 19.1 Å². The summed E-state index contributed by atoms with van der Waals surface area (Å²) in [6.07, 6.45) is 1.45. The fraction of sp³-hybridized carbons (Fsp3) is 0.250. The highest BCUT2D eigenvalue weighted by Crippen LogP contribution is 2.33. The van der Waals surface area contributed by atoms with E-state index in [0.29, 0.717) is 21.9 Å². The lowest BCUT2D eigenvalue weighted by molar-refractivity contribution is -0.112. The topological polar surface area (TPSA) is 88.4 Å². The molecule has 1 aromatic carbocycles. The van der Waals surface area contributed by atoms with Gasteiger partial charge in [0, 0.05) is 10.4 Å².